The van der Waals surface area contributed by atoms with E-state index in [4.69, 9.17) is 5.73 Å². The topological polar surface area (TPSA) is 32.5 Å². The first-order valence-electron chi connectivity index (χ1n) is 7.79. The van der Waals surface area contributed by atoms with E-state index in [1.807, 2.05) is 0 Å². The Kier molecular flexibility index (Phi) is 3.79. The second-order valence-corrected chi connectivity index (χ2v) is 8.41. The largest absolute Gasteiger partial charge is 0.329 e. The van der Waals surface area contributed by atoms with Crippen LogP contribution in [0.1, 0.15) is 47.5 Å². The molecule has 0 bridgehead atoms. The van der Waals surface area contributed by atoms with Gasteiger partial charge in [-0.25, -0.2) is 0 Å². The highest BCUT2D eigenvalue weighted by Gasteiger charge is 2.52. The summed E-state index contributed by atoms with van der Waals surface area (Å²) in [4.78, 5) is 5.20. The van der Waals surface area contributed by atoms with Crippen molar-refractivity contribution < 1.29 is 0 Å². The van der Waals surface area contributed by atoms with Gasteiger partial charge in [-0.2, -0.15) is 0 Å². The van der Waals surface area contributed by atoms with Crippen LogP contribution in [0.2, 0.25) is 0 Å². The summed E-state index contributed by atoms with van der Waals surface area (Å²) in [6, 6.07) is 0. The van der Waals surface area contributed by atoms with Crippen LogP contribution >= 0.6 is 0 Å². The first-order chi connectivity index (χ1) is 8.63. The van der Waals surface area contributed by atoms with Crippen LogP contribution in [0.3, 0.4) is 0 Å². The van der Waals surface area contributed by atoms with E-state index in [1.165, 1.54) is 12.8 Å². The van der Waals surface area contributed by atoms with Gasteiger partial charge in [-0.15, -0.1) is 0 Å². The predicted molar refractivity (Wildman–Crippen MR) is 82.2 cm³/mol. The Morgan fingerprint density at radius 3 is 2.21 bits per heavy atom. The molecule has 19 heavy (non-hydrogen) atoms. The highest BCUT2D eigenvalue weighted by atomic mass is 15.3. The Hall–Kier alpha value is -0.120. The zero-order valence-corrected chi connectivity index (χ0v) is 13.8. The molecule has 0 amide bonds. The zero-order chi connectivity index (χ0) is 14.5. The molecule has 2 atom stereocenters. The van der Waals surface area contributed by atoms with Crippen molar-refractivity contribution in [1.29, 1.82) is 0 Å². The van der Waals surface area contributed by atoms with Crippen molar-refractivity contribution in [1.82, 2.24) is 9.80 Å². The van der Waals surface area contributed by atoms with Gasteiger partial charge in [-0.1, -0.05) is 20.8 Å². The van der Waals surface area contributed by atoms with Crippen LogP contribution in [-0.4, -0.2) is 54.1 Å². The van der Waals surface area contributed by atoms with Gasteiger partial charge in [0.25, 0.3) is 0 Å². The van der Waals surface area contributed by atoms with Gasteiger partial charge >= 0.3 is 0 Å². The molecule has 2 unspecified atom stereocenters. The summed E-state index contributed by atoms with van der Waals surface area (Å²) >= 11 is 0. The van der Waals surface area contributed by atoms with Crippen molar-refractivity contribution in [3.05, 3.63) is 0 Å². The van der Waals surface area contributed by atoms with Gasteiger partial charge in [0.1, 0.15) is 0 Å². The van der Waals surface area contributed by atoms with Crippen LogP contribution in [0.5, 0.6) is 0 Å². The van der Waals surface area contributed by atoms with Crippen LogP contribution in [0.4, 0.5) is 0 Å². The van der Waals surface area contributed by atoms with Crippen LogP contribution in [0, 0.1) is 11.3 Å². The van der Waals surface area contributed by atoms with E-state index in [2.05, 4.69) is 51.5 Å². The van der Waals surface area contributed by atoms with Crippen molar-refractivity contribution in [2.75, 3.05) is 33.2 Å². The van der Waals surface area contributed by atoms with Gasteiger partial charge in [0, 0.05) is 37.3 Å². The molecule has 2 aliphatic rings. The maximum Gasteiger partial charge on any atom is 0.0363 e. The lowest BCUT2D eigenvalue weighted by atomic mass is 9.82. The van der Waals surface area contributed by atoms with Gasteiger partial charge < -0.3 is 5.73 Å². The molecule has 2 rings (SSSR count). The van der Waals surface area contributed by atoms with Crippen molar-refractivity contribution in [2.45, 2.75) is 58.5 Å². The smallest absolute Gasteiger partial charge is 0.0363 e. The fourth-order valence-corrected chi connectivity index (χ4v) is 4.54. The minimum atomic E-state index is 0.224. The van der Waals surface area contributed by atoms with E-state index in [-0.39, 0.29) is 11.1 Å². The molecule has 1 aliphatic carbocycles. The van der Waals surface area contributed by atoms with E-state index < -0.39 is 0 Å². The molecule has 1 saturated carbocycles. The number of likely N-dealkylation sites (N-methyl/N-ethyl adjacent to an activating group) is 1. The number of rotatable bonds is 2. The third-order valence-electron chi connectivity index (χ3n) is 5.86. The standard InChI is InChI=1S/C16H33N3/c1-13-9-14(2,3)10-16(13,11-17)19-8-7-18(6)15(4,5)12-19/h13H,7-12,17H2,1-6H3. The second-order valence-electron chi connectivity index (χ2n) is 8.41. The zero-order valence-electron chi connectivity index (χ0n) is 13.8. The van der Waals surface area contributed by atoms with E-state index in [1.54, 1.807) is 0 Å². The lowest BCUT2D eigenvalue weighted by Gasteiger charge is -2.53. The molecule has 1 saturated heterocycles. The fourth-order valence-electron chi connectivity index (χ4n) is 4.54. The van der Waals surface area contributed by atoms with Crippen LogP contribution < -0.4 is 5.73 Å². The molecule has 0 aromatic rings. The average Bonchev–Trinajstić information content (AvgIpc) is 2.53. The molecule has 2 N–H and O–H groups in total. The molecule has 0 aromatic heterocycles. The van der Waals surface area contributed by atoms with Gasteiger partial charge in [0.05, 0.1) is 0 Å². The molecule has 0 spiro atoms. The SMILES string of the molecule is CC1CC(C)(C)CC1(CN)N1CCN(C)C(C)(C)C1. The molecule has 1 heterocycles. The number of nitrogens with two attached hydrogens (primary N) is 1. The third kappa shape index (κ3) is 2.57. The highest BCUT2D eigenvalue weighted by Crippen LogP contribution is 2.50. The molecule has 3 nitrogen and oxygen atoms in total. The first-order valence-corrected chi connectivity index (χ1v) is 7.79. The minimum Gasteiger partial charge on any atom is -0.329 e. The molecule has 0 radical (unpaired) electrons. The van der Waals surface area contributed by atoms with E-state index in [0.29, 0.717) is 11.3 Å². The number of piperazine rings is 1. The normalized spacial score (nSPS) is 39.6. The lowest BCUT2D eigenvalue weighted by molar-refractivity contribution is -0.0369. The second kappa shape index (κ2) is 4.71. The Morgan fingerprint density at radius 1 is 1.16 bits per heavy atom. The maximum absolute atomic E-state index is 6.28. The van der Waals surface area contributed by atoms with E-state index in [9.17, 15) is 0 Å². The summed E-state index contributed by atoms with van der Waals surface area (Å²) < 4.78 is 0. The molecule has 1 aliphatic heterocycles. The van der Waals surface area contributed by atoms with Gasteiger partial charge in [-0.05, 0) is 45.1 Å². The van der Waals surface area contributed by atoms with Gasteiger partial charge in [0.2, 0.25) is 0 Å². The van der Waals surface area contributed by atoms with Gasteiger partial charge in [-0.3, -0.25) is 9.80 Å². The Morgan fingerprint density at radius 2 is 1.79 bits per heavy atom. The third-order valence-corrected chi connectivity index (χ3v) is 5.86. The number of hydrogen-bond acceptors (Lipinski definition) is 3. The fraction of sp³-hybridized carbons (Fsp3) is 1.00. The van der Waals surface area contributed by atoms with Crippen LogP contribution in [-0.2, 0) is 0 Å². The Labute approximate surface area is 119 Å². The van der Waals surface area contributed by atoms with Crippen LogP contribution in [0.15, 0.2) is 0 Å². The maximum atomic E-state index is 6.28. The average molecular weight is 267 g/mol. The quantitative estimate of drug-likeness (QED) is 0.832. The van der Waals surface area contributed by atoms with Crippen molar-refractivity contribution in [3.63, 3.8) is 0 Å². The van der Waals surface area contributed by atoms with Gasteiger partial charge in [0.15, 0.2) is 0 Å². The number of hydrogen-bond donors (Lipinski definition) is 1. The molecule has 112 valence electrons. The molecular weight excluding hydrogens is 234 g/mol. The van der Waals surface area contributed by atoms with E-state index in [0.717, 1.165) is 26.2 Å². The summed E-state index contributed by atoms with van der Waals surface area (Å²) in [5.41, 5.74) is 7.20. The predicted octanol–water partition coefficient (Wildman–Crippen LogP) is 2.17. The molecule has 0 aromatic carbocycles. The van der Waals surface area contributed by atoms with Crippen molar-refractivity contribution in [2.24, 2.45) is 17.1 Å². The highest BCUT2D eigenvalue weighted by molar-refractivity contribution is 5.08. The molecule has 2 fully saturated rings. The summed E-state index contributed by atoms with van der Waals surface area (Å²) in [5.74, 6) is 0.701. The Balaban J connectivity index is 2.23. The van der Waals surface area contributed by atoms with Crippen molar-refractivity contribution in [3.8, 4) is 0 Å². The van der Waals surface area contributed by atoms with Crippen molar-refractivity contribution >= 4 is 0 Å². The Bertz CT molecular complexity index is 337. The molecular formula is C16H33N3. The summed E-state index contributed by atoms with van der Waals surface area (Å²) in [6.07, 6.45) is 2.55. The summed E-state index contributed by atoms with van der Waals surface area (Å²) in [7, 11) is 2.24. The lowest BCUT2D eigenvalue weighted by Crippen LogP contribution is -2.66. The van der Waals surface area contributed by atoms with Crippen LogP contribution in [0.25, 0.3) is 0 Å². The summed E-state index contributed by atoms with van der Waals surface area (Å²) in [5, 5.41) is 0. The number of nitrogens with zero attached hydrogens (tertiary/aromatic N) is 2. The van der Waals surface area contributed by atoms with E-state index >= 15 is 0 Å². The first kappa shape index (κ1) is 15.3. The summed E-state index contributed by atoms with van der Waals surface area (Å²) in [6.45, 7) is 16.2. The minimum absolute atomic E-state index is 0.224. The monoisotopic (exact) mass is 267 g/mol. The molecule has 3 heteroatoms.